The van der Waals surface area contributed by atoms with E-state index in [0.717, 1.165) is 11.1 Å². The summed E-state index contributed by atoms with van der Waals surface area (Å²) < 4.78 is 15.8. The largest absolute Gasteiger partial charge is 0.423 e. The Balaban J connectivity index is 1.61. The minimum Gasteiger partial charge on any atom is -0.423 e. The van der Waals surface area contributed by atoms with Gasteiger partial charge in [0.1, 0.15) is 17.2 Å². The van der Waals surface area contributed by atoms with Crippen molar-refractivity contribution in [1.82, 2.24) is 0 Å². The normalized spacial score (nSPS) is 10.9. The maximum absolute atomic E-state index is 12.5. The van der Waals surface area contributed by atoms with Crippen molar-refractivity contribution in [2.24, 2.45) is 0 Å². The van der Waals surface area contributed by atoms with E-state index in [1.807, 2.05) is 12.1 Å². The highest BCUT2D eigenvalue weighted by molar-refractivity contribution is 5.92. The topological polar surface area (TPSA) is 78.9 Å². The molecule has 34 heavy (non-hydrogen) atoms. The summed E-state index contributed by atoms with van der Waals surface area (Å²) in [6.07, 6.45) is 1.67. The summed E-state index contributed by atoms with van der Waals surface area (Å²) in [5.74, 6) is -0.310. The Morgan fingerprint density at radius 3 is 1.53 bits per heavy atom. The molecule has 0 spiro atoms. The number of ether oxygens (including phenoxy) is 3. The zero-order chi connectivity index (χ0) is 24.7. The SMILES string of the molecule is C=C(C)C(=O)Oc1ccc(-c2ccc(C(=O)Oc3ccc(OC(=O)/C(C)=C/C)cc3)cc2)cc1. The van der Waals surface area contributed by atoms with Crippen LogP contribution < -0.4 is 14.2 Å². The molecular weight excluding hydrogens is 432 g/mol. The molecule has 0 amide bonds. The van der Waals surface area contributed by atoms with Crippen LogP contribution in [-0.4, -0.2) is 17.9 Å². The van der Waals surface area contributed by atoms with Crippen LogP contribution in [0.4, 0.5) is 0 Å². The van der Waals surface area contributed by atoms with E-state index in [4.69, 9.17) is 14.2 Å². The second-order valence-corrected chi connectivity index (χ2v) is 7.49. The average molecular weight is 456 g/mol. The minimum atomic E-state index is -0.511. The first-order chi connectivity index (χ1) is 16.3. The van der Waals surface area contributed by atoms with Crippen LogP contribution in [0, 0.1) is 0 Å². The third-order valence-electron chi connectivity index (χ3n) is 4.87. The van der Waals surface area contributed by atoms with Crippen molar-refractivity contribution in [1.29, 1.82) is 0 Å². The fraction of sp³-hybridized carbons (Fsp3) is 0.107. The Morgan fingerprint density at radius 1 is 0.647 bits per heavy atom. The molecule has 3 aromatic carbocycles. The van der Waals surface area contributed by atoms with Gasteiger partial charge in [-0.3, -0.25) is 0 Å². The molecule has 0 saturated carbocycles. The molecule has 6 heteroatoms. The second-order valence-electron chi connectivity index (χ2n) is 7.49. The standard InChI is InChI=1S/C28H24O6/c1-5-19(4)27(30)33-24-14-16-25(17-15-24)34-28(31)22-8-6-20(7-9-22)21-10-12-23(13-11-21)32-26(29)18(2)3/h5-17H,2H2,1,3-4H3/b19-5+. The lowest BCUT2D eigenvalue weighted by molar-refractivity contribution is -0.131. The number of carbonyl (C=O) groups is 3. The van der Waals surface area contributed by atoms with Crippen LogP contribution >= 0.6 is 0 Å². The average Bonchev–Trinajstić information content (AvgIpc) is 2.85. The summed E-state index contributed by atoms with van der Waals surface area (Å²) in [5.41, 5.74) is 2.99. The highest BCUT2D eigenvalue weighted by Gasteiger charge is 2.11. The summed E-state index contributed by atoms with van der Waals surface area (Å²) >= 11 is 0. The predicted molar refractivity (Wildman–Crippen MR) is 129 cm³/mol. The summed E-state index contributed by atoms with van der Waals surface area (Å²) in [4.78, 5) is 35.9. The van der Waals surface area contributed by atoms with Gasteiger partial charge >= 0.3 is 17.9 Å². The van der Waals surface area contributed by atoms with Gasteiger partial charge in [0.05, 0.1) is 5.56 Å². The van der Waals surface area contributed by atoms with E-state index in [1.54, 1.807) is 87.5 Å². The Kier molecular flexibility index (Phi) is 7.77. The van der Waals surface area contributed by atoms with Crippen LogP contribution in [0.3, 0.4) is 0 Å². The van der Waals surface area contributed by atoms with Gasteiger partial charge < -0.3 is 14.2 Å². The first-order valence-corrected chi connectivity index (χ1v) is 10.5. The van der Waals surface area contributed by atoms with E-state index < -0.39 is 17.9 Å². The van der Waals surface area contributed by atoms with Gasteiger partial charge in [0.15, 0.2) is 0 Å². The number of hydrogen-bond donors (Lipinski definition) is 0. The summed E-state index contributed by atoms with van der Waals surface area (Å²) in [7, 11) is 0. The van der Waals surface area contributed by atoms with Crippen LogP contribution in [-0.2, 0) is 9.59 Å². The number of benzene rings is 3. The van der Waals surface area contributed by atoms with Crippen LogP contribution in [0.5, 0.6) is 17.2 Å². The molecule has 0 aliphatic rings. The fourth-order valence-electron chi connectivity index (χ4n) is 2.76. The molecule has 0 aromatic heterocycles. The van der Waals surface area contributed by atoms with Gasteiger partial charge in [-0.15, -0.1) is 0 Å². The monoisotopic (exact) mass is 456 g/mol. The Bertz CT molecular complexity index is 1230. The molecule has 172 valence electrons. The molecule has 0 aliphatic carbocycles. The van der Waals surface area contributed by atoms with Crippen molar-refractivity contribution in [2.45, 2.75) is 20.8 Å². The first-order valence-electron chi connectivity index (χ1n) is 10.5. The molecule has 0 atom stereocenters. The predicted octanol–water partition coefficient (Wildman–Crippen LogP) is 5.93. The van der Waals surface area contributed by atoms with Crippen molar-refractivity contribution >= 4 is 17.9 Å². The molecule has 3 rings (SSSR count). The molecule has 0 bridgehead atoms. The van der Waals surface area contributed by atoms with Crippen molar-refractivity contribution in [2.75, 3.05) is 0 Å². The molecule has 6 nitrogen and oxygen atoms in total. The van der Waals surface area contributed by atoms with Gasteiger partial charge in [-0.25, -0.2) is 14.4 Å². The molecule has 0 unspecified atom stereocenters. The summed E-state index contributed by atoms with van der Waals surface area (Å²) in [6, 6.07) is 20.2. The Morgan fingerprint density at radius 2 is 1.06 bits per heavy atom. The number of carbonyl (C=O) groups excluding carboxylic acids is 3. The van der Waals surface area contributed by atoms with Crippen molar-refractivity contribution < 1.29 is 28.6 Å². The summed E-state index contributed by atoms with van der Waals surface area (Å²) in [6.45, 7) is 8.56. The van der Waals surface area contributed by atoms with E-state index in [2.05, 4.69) is 6.58 Å². The molecule has 0 heterocycles. The molecule has 0 aliphatic heterocycles. The third kappa shape index (κ3) is 6.29. The Hall–Kier alpha value is -4.45. The van der Waals surface area contributed by atoms with Gasteiger partial charge in [0.2, 0.25) is 0 Å². The van der Waals surface area contributed by atoms with Gasteiger partial charge in [-0.2, -0.15) is 0 Å². The van der Waals surface area contributed by atoms with E-state index in [0.29, 0.717) is 34.0 Å². The summed E-state index contributed by atoms with van der Waals surface area (Å²) in [5, 5.41) is 0. The zero-order valence-corrected chi connectivity index (χ0v) is 19.2. The van der Waals surface area contributed by atoms with E-state index >= 15 is 0 Å². The van der Waals surface area contributed by atoms with E-state index in [1.165, 1.54) is 0 Å². The van der Waals surface area contributed by atoms with Crippen LogP contribution in [0.2, 0.25) is 0 Å². The molecule has 0 radical (unpaired) electrons. The van der Waals surface area contributed by atoms with Crippen molar-refractivity contribution in [3.05, 3.63) is 102 Å². The molecule has 0 N–H and O–H groups in total. The van der Waals surface area contributed by atoms with Crippen LogP contribution in [0.1, 0.15) is 31.1 Å². The van der Waals surface area contributed by atoms with E-state index in [9.17, 15) is 14.4 Å². The van der Waals surface area contributed by atoms with Crippen LogP contribution in [0.15, 0.2) is 96.6 Å². The molecular formula is C28H24O6. The van der Waals surface area contributed by atoms with Crippen LogP contribution in [0.25, 0.3) is 11.1 Å². The van der Waals surface area contributed by atoms with Gasteiger partial charge in [0.25, 0.3) is 0 Å². The van der Waals surface area contributed by atoms with E-state index in [-0.39, 0.29) is 0 Å². The smallest absolute Gasteiger partial charge is 0.343 e. The van der Waals surface area contributed by atoms with Crippen molar-refractivity contribution in [3.63, 3.8) is 0 Å². The van der Waals surface area contributed by atoms with Gasteiger partial charge in [0, 0.05) is 11.1 Å². The lowest BCUT2D eigenvalue weighted by Crippen LogP contribution is -2.10. The molecule has 0 fully saturated rings. The van der Waals surface area contributed by atoms with Gasteiger partial charge in [-0.1, -0.05) is 36.9 Å². The molecule has 3 aromatic rings. The minimum absolute atomic E-state index is 0.324. The number of esters is 3. The van der Waals surface area contributed by atoms with Gasteiger partial charge in [-0.05, 0) is 80.4 Å². The lowest BCUT2D eigenvalue weighted by atomic mass is 10.0. The Labute approximate surface area is 198 Å². The number of rotatable bonds is 7. The zero-order valence-electron chi connectivity index (χ0n) is 19.2. The highest BCUT2D eigenvalue weighted by Crippen LogP contribution is 2.24. The maximum Gasteiger partial charge on any atom is 0.343 e. The fourth-order valence-corrected chi connectivity index (χ4v) is 2.76. The lowest BCUT2D eigenvalue weighted by Gasteiger charge is -2.08. The third-order valence-corrected chi connectivity index (χ3v) is 4.87. The van der Waals surface area contributed by atoms with Crippen molar-refractivity contribution in [3.8, 4) is 28.4 Å². The number of allylic oxidation sites excluding steroid dienone is 1. The quantitative estimate of drug-likeness (QED) is 0.249. The first kappa shape index (κ1) is 24.2. The molecule has 0 saturated heterocycles. The number of hydrogen-bond acceptors (Lipinski definition) is 6. The highest BCUT2D eigenvalue weighted by atomic mass is 16.5. The maximum atomic E-state index is 12.5. The second kappa shape index (κ2) is 10.9.